The molecular weight excluding hydrogens is 360 g/mol. The van der Waals surface area contributed by atoms with Crippen LogP contribution in [0.2, 0.25) is 0 Å². The van der Waals surface area contributed by atoms with Gasteiger partial charge in [-0.25, -0.2) is 4.98 Å². The van der Waals surface area contributed by atoms with Gasteiger partial charge in [-0.15, -0.1) is 11.8 Å². The second kappa shape index (κ2) is 12.2. The lowest BCUT2D eigenvalue weighted by atomic mass is 10.2. The first-order chi connectivity index (χ1) is 13.2. The molecule has 1 heterocycles. The fourth-order valence-corrected chi connectivity index (χ4v) is 3.27. The minimum Gasteiger partial charge on any atom is -0.475 e. The predicted molar refractivity (Wildman–Crippen MR) is 112 cm³/mol. The number of aliphatic imine (C=N–C) groups is 1. The van der Waals surface area contributed by atoms with Gasteiger partial charge in [0.2, 0.25) is 5.88 Å². The zero-order chi connectivity index (χ0) is 19.3. The van der Waals surface area contributed by atoms with Gasteiger partial charge in [0.05, 0.1) is 6.61 Å². The van der Waals surface area contributed by atoms with Gasteiger partial charge in [-0.2, -0.15) is 0 Å². The van der Waals surface area contributed by atoms with E-state index in [4.69, 9.17) is 9.47 Å². The summed E-state index contributed by atoms with van der Waals surface area (Å²) in [5, 5.41) is 7.10. The van der Waals surface area contributed by atoms with E-state index in [0.29, 0.717) is 30.9 Å². The number of pyridine rings is 1. The van der Waals surface area contributed by atoms with Gasteiger partial charge >= 0.3 is 0 Å². The van der Waals surface area contributed by atoms with Crippen LogP contribution >= 0.6 is 11.8 Å². The van der Waals surface area contributed by atoms with Gasteiger partial charge in [-0.1, -0.05) is 31.2 Å². The molecule has 1 atom stereocenters. The van der Waals surface area contributed by atoms with E-state index in [1.165, 1.54) is 4.90 Å². The van der Waals surface area contributed by atoms with Crippen LogP contribution < -0.4 is 15.4 Å². The Bertz CT molecular complexity index is 697. The van der Waals surface area contributed by atoms with Crippen LogP contribution in [0.25, 0.3) is 0 Å². The van der Waals surface area contributed by atoms with Gasteiger partial charge in [0, 0.05) is 49.2 Å². The Kier molecular flexibility index (Phi) is 9.51. The smallest absolute Gasteiger partial charge is 0.218 e. The summed E-state index contributed by atoms with van der Waals surface area (Å²) in [6, 6.07) is 14.3. The van der Waals surface area contributed by atoms with Gasteiger partial charge in [0.25, 0.3) is 0 Å². The molecule has 0 spiro atoms. The third-order valence-electron chi connectivity index (χ3n) is 3.68. The van der Waals surface area contributed by atoms with Crippen molar-refractivity contribution >= 4 is 17.7 Å². The van der Waals surface area contributed by atoms with Crippen LogP contribution in [-0.4, -0.2) is 50.1 Å². The highest BCUT2D eigenvalue weighted by Crippen LogP contribution is 2.21. The van der Waals surface area contributed by atoms with E-state index < -0.39 is 0 Å². The number of benzene rings is 1. The minimum atomic E-state index is 0.414. The van der Waals surface area contributed by atoms with Crippen LogP contribution in [0.3, 0.4) is 0 Å². The lowest BCUT2D eigenvalue weighted by molar-refractivity contribution is 0.143. The second-order valence-electron chi connectivity index (χ2n) is 5.86. The topological polar surface area (TPSA) is 67.8 Å². The molecule has 27 heavy (non-hydrogen) atoms. The first kappa shape index (κ1) is 21.1. The Balaban J connectivity index is 1.80. The summed E-state index contributed by atoms with van der Waals surface area (Å²) in [5.74, 6) is 1.37. The lowest BCUT2D eigenvalue weighted by Crippen LogP contribution is -2.39. The normalized spacial score (nSPS) is 12.5. The van der Waals surface area contributed by atoms with Gasteiger partial charge in [0.15, 0.2) is 5.96 Å². The van der Waals surface area contributed by atoms with E-state index >= 15 is 0 Å². The number of nitrogens with one attached hydrogen (secondary N) is 2. The molecule has 0 aliphatic carbocycles. The molecule has 2 rings (SSSR count). The molecule has 6 nitrogen and oxygen atoms in total. The first-order valence-corrected chi connectivity index (χ1v) is 9.82. The molecule has 0 fully saturated rings. The predicted octanol–water partition coefficient (Wildman–Crippen LogP) is 2.95. The van der Waals surface area contributed by atoms with Crippen LogP contribution in [0.5, 0.6) is 5.88 Å². The molecule has 1 aromatic carbocycles. The Morgan fingerprint density at radius 3 is 2.70 bits per heavy atom. The van der Waals surface area contributed by atoms with Crippen molar-refractivity contribution in [2.24, 2.45) is 4.99 Å². The third-order valence-corrected chi connectivity index (χ3v) is 4.80. The van der Waals surface area contributed by atoms with Crippen molar-refractivity contribution in [3.8, 4) is 5.88 Å². The van der Waals surface area contributed by atoms with E-state index in [9.17, 15) is 0 Å². The van der Waals surface area contributed by atoms with E-state index in [-0.39, 0.29) is 0 Å². The molecule has 1 unspecified atom stereocenters. The fourth-order valence-electron chi connectivity index (χ4n) is 2.32. The molecule has 0 saturated heterocycles. The molecule has 2 N–H and O–H groups in total. The van der Waals surface area contributed by atoms with Crippen molar-refractivity contribution in [2.75, 3.05) is 33.9 Å². The van der Waals surface area contributed by atoms with E-state index in [0.717, 1.165) is 18.1 Å². The molecule has 0 radical (unpaired) electrons. The molecule has 0 aliphatic heterocycles. The standard InChI is InChI=1S/C20H28N4O2S/c1-16(27-18-9-5-4-6-10-18)14-23-20(21-2)24-15-17-8-7-11-22-19(17)26-13-12-25-3/h4-11,16H,12-15H2,1-3H3,(H2,21,23,24). The van der Waals surface area contributed by atoms with Crippen molar-refractivity contribution in [3.05, 3.63) is 54.2 Å². The van der Waals surface area contributed by atoms with Crippen molar-refractivity contribution in [3.63, 3.8) is 0 Å². The van der Waals surface area contributed by atoms with Crippen LogP contribution in [0.1, 0.15) is 12.5 Å². The van der Waals surface area contributed by atoms with Crippen molar-refractivity contribution in [1.29, 1.82) is 0 Å². The molecule has 0 saturated carbocycles. The summed E-state index contributed by atoms with van der Waals surface area (Å²) in [4.78, 5) is 9.85. The van der Waals surface area contributed by atoms with Gasteiger partial charge in [-0.05, 0) is 18.2 Å². The molecule has 7 heteroatoms. The van der Waals surface area contributed by atoms with Crippen LogP contribution in [-0.2, 0) is 11.3 Å². The van der Waals surface area contributed by atoms with Crippen LogP contribution in [0.4, 0.5) is 0 Å². The third kappa shape index (κ3) is 7.88. The molecule has 0 bridgehead atoms. The first-order valence-electron chi connectivity index (χ1n) is 8.94. The fraction of sp³-hybridized carbons (Fsp3) is 0.400. The Hall–Kier alpha value is -2.25. The van der Waals surface area contributed by atoms with E-state index in [2.05, 4.69) is 51.8 Å². The maximum Gasteiger partial charge on any atom is 0.218 e. The number of methoxy groups -OCH3 is 1. The molecule has 146 valence electrons. The number of aromatic nitrogens is 1. The summed E-state index contributed by atoms with van der Waals surface area (Å²) in [5.41, 5.74) is 0.975. The van der Waals surface area contributed by atoms with Gasteiger partial charge < -0.3 is 20.1 Å². The number of hydrogen-bond donors (Lipinski definition) is 2. The number of nitrogens with zero attached hydrogens (tertiary/aromatic N) is 2. The average Bonchev–Trinajstić information content (AvgIpc) is 2.70. The van der Waals surface area contributed by atoms with Crippen LogP contribution in [0.15, 0.2) is 58.5 Å². The maximum absolute atomic E-state index is 5.67. The summed E-state index contributed by atoms with van der Waals surface area (Å²) in [6.07, 6.45) is 1.72. The zero-order valence-electron chi connectivity index (χ0n) is 16.1. The highest BCUT2D eigenvalue weighted by Gasteiger charge is 2.08. The maximum atomic E-state index is 5.67. The van der Waals surface area contributed by atoms with Crippen molar-refractivity contribution in [2.45, 2.75) is 23.6 Å². The number of ether oxygens (including phenoxy) is 2. The molecule has 0 amide bonds. The minimum absolute atomic E-state index is 0.414. The highest BCUT2D eigenvalue weighted by molar-refractivity contribution is 8.00. The van der Waals surface area contributed by atoms with Crippen molar-refractivity contribution < 1.29 is 9.47 Å². The summed E-state index contributed by atoms with van der Waals surface area (Å²) in [7, 11) is 3.42. The SMILES string of the molecule is CN=C(NCc1cccnc1OCCOC)NCC(C)Sc1ccccc1. The molecule has 2 aromatic rings. The Morgan fingerprint density at radius 2 is 1.96 bits per heavy atom. The van der Waals surface area contributed by atoms with E-state index in [1.54, 1.807) is 20.4 Å². The Labute approximate surface area is 165 Å². The molecule has 0 aliphatic rings. The van der Waals surface area contributed by atoms with Gasteiger partial charge in [0.1, 0.15) is 6.61 Å². The molecular formula is C20H28N4O2S. The second-order valence-corrected chi connectivity index (χ2v) is 7.37. The number of thioether (sulfide) groups is 1. The monoisotopic (exact) mass is 388 g/mol. The summed E-state index contributed by atoms with van der Waals surface area (Å²) >= 11 is 1.84. The summed E-state index contributed by atoms with van der Waals surface area (Å²) in [6.45, 7) is 4.59. The quantitative estimate of drug-likeness (QED) is 0.282. The lowest BCUT2D eigenvalue weighted by Gasteiger charge is -2.16. The largest absolute Gasteiger partial charge is 0.475 e. The van der Waals surface area contributed by atoms with Crippen LogP contribution in [0, 0.1) is 0 Å². The molecule has 1 aromatic heterocycles. The highest BCUT2D eigenvalue weighted by atomic mass is 32.2. The van der Waals surface area contributed by atoms with Gasteiger partial charge in [-0.3, -0.25) is 4.99 Å². The summed E-state index contributed by atoms with van der Waals surface area (Å²) < 4.78 is 10.7. The zero-order valence-corrected chi connectivity index (χ0v) is 17.0. The number of guanidine groups is 1. The Morgan fingerprint density at radius 1 is 1.15 bits per heavy atom. The van der Waals surface area contributed by atoms with E-state index in [1.807, 2.05) is 30.0 Å². The average molecular weight is 389 g/mol. The van der Waals surface area contributed by atoms with Crippen molar-refractivity contribution in [1.82, 2.24) is 15.6 Å². The number of hydrogen-bond acceptors (Lipinski definition) is 5. The number of rotatable bonds is 10.